The molecule has 0 aliphatic carbocycles. The van der Waals surface area contributed by atoms with Gasteiger partial charge in [0.05, 0.1) is 10.6 Å². The highest BCUT2D eigenvalue weighted by molar-refractivity contribution is 6.33. The zero-order valence-corrected chi connectivity index (χ0v) is 14.2. The van der Waals surface area contributed by atoms with Crippen molar-refractivity contribution in [3.05, 3.63) is 63.7 Å². The van der Waals surface area contributed by atoms with Crippen LogP contribution in [0.3, 0.4) is 0 Å². The summed E-state index contributed by atoms with van der Waals surface area (Å²) < 4.78 is 31.5. The van der Waals surface area contributed by atoms with E-state index in [4.69, 9.17) is 16.3 Å². The van der Waals surface area contributed by atoms with Crippen LogP contribution in [0.5, 0.6) is 5.75 Å². The summed E-state index contributed by atoms with van der Waals surface area (Å²) in [4.78, 5) is 23.6. The maximum atomic E-state index is 13.2. The van der Waals surface area contributed by atoms with E-state index >= 15 is 0 Å². The fourth-order valence-corrected chi connectivity index (χ4v) is 2.17. The van der Waals surface area contributed by atoms with Gasteiger partial charge in [-0.2, -0.15) is 0 Å². The number of hydrogen-bond donors (Lipinski definition) is 2. The first-order valence-corrected chi connectivity index (χ1v) is 7.59. The summed E-state index contributed by atoms with van der Waals surface area (Å²) in [6.45, 7) is 3.38. The molecule has 2 aromatic rings. The van der Waals surface area contributed by atoms with Crippen LogP contribution < -0.4 is 15.6 Å². The van der Waals surface area contributed by atoms with Crippen molar-refractivity contribution in [3.8, 4) is 5.75 Å². The Labute approximate surface area is 147 Å². The number of carbonyl (C=O) groups excluding carboxylic acids is 2. The molecule has 0 saturated heterocycles. The van der Waals surface area contributed by atoms with Gasteiger partial charge in [0.2, 0.25) is 0 Å². The van der Waals surface area contributed by atoms with E-state index in [1.54, 1.807) is 6.07 Å². The minimum Gasteiger partial charge on any atom is -0.483 e. The molecule has 0 saturated carbocycles. The summed E-state index contributed by atoms with van der Waals surface area (Å²) >= 11 is 5.68. The van der Waals surface area contributed by atoms with Gasteiger partial charge in [-0.15, -0.1) is 0 Å². The van der Waals surface area contributed by atoms with Crippen LogP contribution in [0.25, 0.3) is 0 Å². The van der Waals surface area contributed by atoms with E-state index in [0.717, 1.165) is 11.1 Å². The van der Waals surface area contributed by atoms with Crippen LogP contribution in [0.2, 0.25) is 5.02 Å². The van der Waals surface area contributed by atoms with Gasteiger partial charge in [0.25, 0.3) is 11.8 Å². The number of hydrogen-bond acceptors (Lipinski definition) is 3. The highest BCUT2D eigenvalue weighted by atomic mass is 35.5. The third kappa shape index (κ3) is 4.90. The number of nitrogens with one attached hydrogen (secondary N) is 2. The van der Waals surface area contributed by atoms with Crippen molar-refractivity contribution in [2.45, 2.75) is 13.8 Å². The Morgan fingerprint density at radius 2 is 1.76 bits per heavy atom. The lowest BCUT2D eigenvalue weighted by Crippen LogP contribution is -2.44. The molecule has 0 bridgehead atoms. The molecule has 2 rings (SSSR count). The molecule has 0 radical (unpaired) electrons. The monoisotopic (exact) mass is 368 g/mol. The Bertz CT molecular complexity index is 828. The number of hydrazine groups is 1. The Kier molecular flexibility index (Phi) is 5.93. The third-order valence-corrected chi connectivity index (χ3v) is 3.59. The van der Waals surface area contributed by atoms with Gasteiger partial charge >= 0.3 is 0 Å². The number of aryl methyl sites for hydroxylation is 2. The van der Waals surface area contributed by atoms with Crippen molar-refractivity contribution in [2.24, 2.45) is 0 Å². The average Bonchev–Trinajstić information content (AvgIpc) is 2.56. The first-order valence-electron chi connectivity index (χ1n) is 7.21. The number of benzene rings is 2. The zero-order valence-electron chi connectivity index (χ0n) is 13.5. The molecule has 0 atom stereocenters. The highest BCUT2D eigenvalue weighted by Crippen LogP contribution is 2.20. The van der Waals surface area contributed by atoms with Crippen LogP contribution in [-0.2, 0) is 4.79 Å². The molecule has 8 heteroatoms. The fraction of sp³-hybridized carbons (Fsp3) is 0.176. The second-order valence-corrected chi connectivity index (χ2v) is 5.71. The third-order valence-electron chi connectivity index (χ3n) is 3.27. The van der Waals surface area contributed by atoms with E-state index < -0.39 is 23.4 Å². The lowest BCUT2D eigenvalue weighted by atomic mass is 10.1. The van der Waals surface area contributed by atoms with Crippen LogP contribution in [0, 0.1) is 25.5 Å². The highest BCUT2D eigenvalue weighted by Gasteiger charge is 2.15. The number of halogens is 3. The van der Waals surface area contributed by atoms with Gasteiger partial charge in [0.1, 0.15) is 5.75 Å². The van der Waals surface area contributed by atoms with Crippen molar-refractivity contribution in [3.63, 3.8) is 0 Å². The molecule has 2 amide bonds. The molecule has 0 spiro atoms. The van der Waals surface area contributed by atoms with Gasteiger partial charge < -0.3 is 4.74 Å². The summed E-state index contributed by atoms with van der Waals surface area (Å²) in [5.74, 6) is -3.37. The van der Waals surface area contributed by atoms with Gasteiger partial charge in [-0.3, -0.25) is 20.4 Å². The van der Waals surface area contributed by atoms with Crippen molar-refractivity contribution in [2.75, 3.05) is 6.61 Å². The van der Waals surface area contributed by atoms with E-state index in [2.05, 4.69) is 10.9 Å². The fourth-order valence-electron chi connectivity index (χ4n) is 1.93. The van der Waals surface area contributed by atoms with Gasteiger partial charge in [0, 0.05) is 0 Å². The maximum absolute atomic E-state index is 13.2. The van der Waals surface area contributed by atoms with Gasteiger partial charge in [0.15, 0.2) is 18.2 Å². The lowest BCUT2D eigenvalue weighted by molar-refractivity contribution is -0.123. The van der Waals surface area contributed by atoms with Crippen LogP contribution >= 0.6 is 11.6 Å². The van der Waals surface area contributed by atoms with E-state index in [1.807, 2.05) is 26.0 Å². The van der Waals surface area contributed by atoms with E-state index in [9.17, 15) is 18.4 Å². The summed E-state index contributed by atoms with van der Waals surface area (Å²) in [6, 6.07) is 6.87. The number of ether oxygens (including phenoxy) is 1. The van der Waals surface area contributed by atoms with E-state index in [0.29, 0.717) is 17.9 Å². The van der Waals surface area contributed by atoms with Gasteiger partial charge in [-0.05, 0) is 43.2 Å². The second kappa shape index (κ2) is 7.94. The van der Waals surface area contributed by atoms with Crippen LogP contribution in [0.15, 0.2) is 30.3 Å². The van der Waals surface area contributed by atoms with Crippen LogP contribution in [0.4, 0.5) is 8.78 Å². The Hall–Kier alpha value is -2.67. The molecule has 132 valence electrons. The largest absolute Gasteiger partial charge is 0.483 e. The molecule has 5 nitrogen and oxygen atoms in total. The minimum absolute atomic E-state index is 0.280. The Morgan fingerprint density at radius 3 is 2.48 bits per heavy atom. The summed E-state index contributed by atoms with van der Waals surface area (Å²) in [5, 5.41) is -0.280. The molecular formula is C17H15ClF2N2O3. The van der Waals surface area contributed by atoms with Gasteiger partial charge in [-0.25, -0.2) is 8.78 Å². The van der Waals surface area contributed by atoms with Crippen LogP contribution in [-0.4, -0.2) is 18.4 Å². The first-order chi connectivity index (χ1) is 11.8. The first kappa shape index (κ1) is 18.7. The molecular weight excluding hydrogens is 354 g/mol. The standard InChI is InChI=1S/C17H15ClF2N2O3/c1-9-3-4-10(2)15(5-9)25-8-16(23)21-22-17(24)11-6-13(19)14(20)7-12(11)18/h3-7H,8H2,1-2H3,(H,21,23)(H,22,24). The predicted molar refractivity (Wildman–Crippen MR) is 88.4 cm³/mol. The predicted octanol–water partition coefficient (Wildman–Crippen LogP) is 3.08. The molecule has 2 aromatic carbocycles. The summed E-state index contributed by atoms with van der Waals surface area (Å²) in [6.07, 6.45) is 0. The van der Waals surface area contributed by atoms with Crippen molar-refractivity contribution < 1.29 is 23.1 Å². The molecule has 0 aliphatic heterocycles. The number of amides is 2. The Balaban J connectivity index is 1.90. The average molecular weight is 369 g/mol. The maximum Gasteiger partial charge on any atom is 0.276 e. The molecule has 0 aliphatic rings. The lowest BCUT2D eigenvalue weighted by Gasteiger charge is -2.11. The van der Waals surface area contributed by atoms with E-state index in [-0.39, 0.29) is 17.2 Å². The molecule has 25 heavy (non-hydrogen) atoms. The molecule has 2 N–H and O–H groups in total. The van der Waals surface area contributed by atoms with Gasteiger partial charge in [-0.1, -0.05) is 23.7 Å². The summed E-state index contributed by atoms with van der Waals surface area (Å²) in [5.41, 5.74) is 5.69. The van der Waals surface area contributed by atoms with Crippen LogP contribution in [0.1, 0.15) is 21.5 Å². The normalized spacial score (nSPS) is 10.3. The van der Waals surface area contributed by atoms with Crippen molar-refractivity contribution >= 4 is 23.4 Å². The molecule has 0 heterocycles. The topological polar surface area (TPSA) is 67.4 Å². The number of rotatable bonds is 4. The molecule has 0 fully saturated rings. The van der Waals surface area contributed by atoms with Crippen molar-refractivity contribution in [1.82, 2.24) is 10.9 Å². The molecule has 0 aromatic heterocycles. The minimum atomic E-state index is -1.22. The zero-order chi connectivity index (χ0) is 18.6. The quantitative estimate of drug-likeness (QED) is 0.643. The number of carbonyl (C=O) groups is 2. The Morgan fingerprint density at radius 1 is 1.08 bits per heavy atom. The smallest absolute Gasteiger partial charge is 0.276 e. The van der Waals surface area contributed by atoms with E-state index in [1.165, 1.54) is 0 Å². The van der Waals surface area contributed by atoms with Crippen molar-refractivity contribution in [1.29, 1.82) is 0 Å². The molecule has 0 unspecified atom stereocenters. The SMILES string of the molecule is Cc1ccc(C)c(OCC(=O)NNC(=O)c2cc(F)c(F)cc2Cl)c1. The second-order valence-electron chi connectivity index (χ2n) is 5.31. The summed E-state index contributed by atoms with van der Waals surface area (Å²) in [7, 11) is 0.